The highest BCUT2D eigenvalue weighted by atomic mass is 16.2. The van der Waals surface area contributed by atoms with Gasteiger partial charge in [0.1, 0.15) is 0 Å². The van der Waals surface area contributed by atoms with Gasteiger partial charge in [-0.15, -0.1) is 0 Å². The maximum atomic E-state index is 12.5. The zero-order valence-corrected chi connectivity index (χ0v) is 12.8. The van der Waals surface area contributed by atoms with Crippen LogP contribution in [-0.4, -0.2) is 55.5 Å². The number of hydrogen-bond acceptors (Lipinski definition) is 3. The number of anilines is 1. The van der Waals surface area contributed by atoms with Gasteiger partial charge in [-0.3, -0.25) is 4.79 Å². The molecule has 0 saturated carbocycles. The van der Waals surface area contributed by atoms with Crippen molar-refractivity contribution in [2.24, 2.45) is 0 Å². The molecule has 1 aliphatic heterocycles. The molecule has 0 atom stereocenters. The molecular weight excluding hydrogens is 250 g/mol. The van der Waals surface area contributed by atoms with E-state index in [0.29, 0.717) is 0 Å². The molecule has 1 amide bonds. The molecule has 1 aliphatic rings. The van der Waals surface area contributed by atoms with E-state index in [4.69, 9.17) is 0 Å². The third kappa shape index (κ3) is 3.51. The number of carbonyl (C=O) groups excluding carboxylic acids is 1. The van der Waals surface area contributed by atoms with Crippen molar-refractivity contribution in [1.29, 1.82) is 0 Å². The van der Waals surface area contributed by atoms with Crippen LogP contribution in [0.3, 0.4) is 0 Å². The number of nitrogens with one attached hydrogen (secondary N) is 1. The second-order valence-electron chi connectivity index (χ2n) is 5.55. The highest BCUT2D eigenvalue weighted by Crippen LogP contribution is 2.17. The molecule has 1 aromatic carbocycles. The minimum absolute atomic E-state index is 0.164. The van der Waals surface area contributed by atoms with Crippen molar-refractivity contribution in [3.05, 3.63) is 29.3 Å². The first-order valence-corrected chi connectivity index (χ1v) is 7.44. The molecule has 0 bridgehead atoms. The molecule has 1 saturated heterocycles. The summed E-state index contributed by atoms with van der Waals surface area (Å²) in [4.78, 5) is 16.8. The Hall–Kier alpha value is -1.55. The van der Waals surface area contributed by atoms with Crippen molar-refractivity contribution < 1.29 is 4.79 Å². The fourth-order valence-corrected chi connectivity index (χ4v) is 2.46. The predicted octanol–water partition coefficient (Wildman–Crippen LogP) is 2.20. The minimum atomic E-state index is 0.164. The molecule has 1 N–H and O–H groups in total. The highest BCUT2D eigenvalue weighted by Gasteiger charge is 2.21. The standard InChI is InChI=1S/C16H25N3O/c1-4-7-17-14-5-6-15(13(2)12-14)16(20)19-10-8-18(3)9-11-19/h5-6,12,17H,4,7-11H2,1-3H3. The van der Waals surface area contributed by atoms with Crippen LogP contribution in [-0.2, 0) is 0 Å². The fourth-order valence-electron chi connectivity index (χ4n) is 2.46. The van der Waals surface area contributed by atoms with E-state index in [1.807, 2.05) is 24.0 Å². The first-order chi connectivity index (χ1) is 9.61. The molecule has 0 spiro atoms. The molecule has 0 aliphatic carbocycles. The first kappa shape index (κ1) is 14.9. The average molecular weight is 275 g/mol. The van der Waals surface area contributed by atoms with Gasteiger partial charge in [-0.25, -0.2) is 0 Å². The number of carbonyl (C=O) groups is 1. The second-order valence-corrected chi connectivity index (χ2v) is 5.55. The van der Waals surface area contributed by atoms with Crippen LogP contribution in [0.2, 0.25) is 0 Å². The molecule has 1 aromatic rings. The van der Waals surface area contributed by atoms with Crippen LogP contribution < -0.4 is 5.32 Å². The number of hydrogen-bond donors (Lipinski definition) is 1. The molecule has 0 aromatic heterocycles. The molecule has 2 rings (SSSR count). The summed E-state index contributed by atoms with van der Waals surface area (Å²) >= 11 is 0. The van der Waals surface area contributed by atoms with Crippen LogP contribution in [0.15, 0.2) is 18.2 Å². The van der Waals surface area contributed by atoms with Crippen molar-refractivity contribution in [3.8, 4) is 0 Å². The van der Waals surface area contributed by atoms with Crippen LogP contribution in [0.4, 0.5) is 5.69 Å². The summed E-state index contributed by atoms with van der Waals surface area (Å²) in [6.07, 6.45) is 1.10. The van der Waals surface area contributed by atoms with E-state index in [1.165, 1.54) is 0 Å². The Kier molecular flexibility index (Phi) is 5.01. The Labute approximate surface area is 121 Å². The van der Waals surface area contributed by atoms with E-state index in [1.54, 1.807) is 0 Å². The molecule has 0 radical (unpaired) electrons. The number of amides is 1. The van der Waals surface area contributed by atoms with E-state index in [-0.39, 0.29) is 5.91 Å². The van der Waals surface area contributed by atoms with Crippen LogP contribution >= 0.6 is 0 Å². The van der Waals surface area contributed by atoms with Gasteiger partial charge < -0.3 is 15.1 Å². The van der Waals surface area contributed by atoms with Crippen molar-refractivity contribution in [2.45, 2.75) is 20.3 Å². The SMILES string of the molecule is CCCNc1ccc(C(=O)N2CCN(C)CC2)c(C)c1. The van der Waals surface area contributed by atoms with Gasteiger partial charge in [0, 0.05) is 44.0 Å². The number of rotatable bonds is 4. The summed E-state index contributed by atoms with van der Waals surface area (Å²) in [5, 5.41) is 3.36. The Balaban J connectivity index is 2.06. The van der Waals surface area contributed by atoms with Gasteiger partial charge >= 0.3 is 0 Å². The minimum Gasteiger partial charge on any atom is -0.385 e. The molecule has 110 valence electrons. The van der Waals surface area contributed by atoms with Gasteiger partial charge in [-0.1, -0.05) is 6.92 Å². The lowest BCUT2D eigenvalue weighted by molar-refractivity contribution is 0.0663. The van der Waals surface area contributed by atoms with Crippen molar-refractivity contribution in [3.63, 3.8) is 0 Å². The molecule has 20 heavy (non-hydrogen) atoms. The smallest absolute Gasteiger partial charge is 0.254 e. The summed E-state index contributed by atoms with van der Waals surface area (Å²) in [7, 11) is 2.10. The molecule has 4 heteroatoms. The summed E-state index contributed by atoms with van der Waals surface area (Å²) in [5.41, 5.74) is 2.98. The van der Waals surface area contributed by atoms with E-state index in [0.717, 1.165) is 56.0 Å². The number of piperazine rings is 1. The topological polar surface area (TPSA) is 35.6 Å². The Morgan fingerprint density at radius 3 is 2.55 bits per heavy atom. The molecule has 1 fully saturated rings. The average Bonchev–Trinajstić information content (AvgIpc) is 2.45. The van der Waals surface area contributed by atoms with Crippen LogP contribution in [0.1, 0.15) is 29.3 Å². The van der Waals surface area contributed by atoms with Crippen LogP contribution in [0, 0.1) is 6.92 Å². The lowest BCUT2D eigenvalue weighted by atomic mass is 10.1. The largest absolute Gasteiger partial charge is 0.385 e. The zero-order valence-electron chi connectivity index (χ0n) is 12.8. The first-order valence-electron chi connectivity index (χ1n) is 7.44. The van der Waals surface area contributed by atoms with E-state index in [9.17, 15) is 4.79 Å². The van der Waals surface area contributed by atoms with Crippen molar-refractivity contribution in [1.82, 2.24) is 9.80 Å². The van der Waals surface area contributed by atoms with Gasteiger partial charge in [0.2, 0.25) is 0 Å². The number of nitrogens with zero attached hydrogens (tertiary/aromatic N) is 2. The van der Waals surface area contributed by atoms with Crippen LogP contribution in [0.25, 0.3) is 0 Å². The maximum Gasteiger partial charge on any atom is 0.254 e. The van der Waals surface area contributed by atoms with Crippen LogP contribution in [0.5, 0.6) is 0 Å². The fraction of sp³-hybridized carbons (Fsp3) is 0.562. The Bertz CT molecular complexity index is 465. The quantitative estimate of drug-likeness (QED) is 0.915. The molecule has 0 unspecified atom stereocenters. The summed E-state index contributed by atoms with van der Waals surface area (Å²) < 4.78 is 0. The molecule has 1 heterocycles. The monoisotopic (exact) mass is 275 g/mol. The van der Waals surface area contributed by atoms with E-state index in [2.05, 4.69) is 30.3 Å². The lowest BCUT2D eigenvalue weighted by Crippen LogP contribution is -2.47. The normalized spacial score (nSPS) is 16.2. The summed E-state index contributed by atoms with van der Waals surface area (Å²) in [5.74, 6) is 0.164. The Morgan fingerprint density at radius 2 is 1.95 bits per heavy atom. The number of benzene rings is 1. The lowest BCUT2D eigenvalue weighted by Gasteiger charge is -2.32. The van der Waals surface area contributed by atoms with Gasteiger partial charge in [-0.05, 0) is 44.2 Å². The predicted molar refractivity (Wildman–Crippen MR) is 83.4 cm³/mol. The molecule has 4 nitrogen and oxygen atoms in total. The van der Waals surface area contributed by atoms with Gasteiger partial charge in [-0.2, -0.15) is 0 Å². The van der Waals surface area contributed by atoms with E-state index >= 15 is 0 Å². The van der Waals surface area contributed by atoms with E-state index < -0.39 is 0 Å². The van der Waals surface area contributed by atoms with Crippen molar-refractivity contribution >= 4 is 11.6 Å². The van der Waals surface area contributed by atoms with Gasteiger partial charge in [0.05, 0.1) is 0 Å². The maximum absolute atomic E-state index is 12.5. The highest BCUT2D eigenvalue weighted by molar-refractivity contribution is 5.96. The Morgan fingerprint density at radius 1 is 1.25 bits per heavy atom. The van der Waals surface area contributed by atoms with Gasteiger partial charge in [0.25, 0.3) is 5.91 Å². The third-order valence-electron chi connectivity index (χ3n) is 3.83. The zero-order chi connectivity index (χ0) is 14.5. The number of likely N-dealkylation sites (N-methyl/N-ethyl adjacent to an activating group) is 1. The summed E-state index contributed by atoms with van der Waals surface area (Å²) in [6.45, 7) is 8.69. The second kappa shape index (κ2) is 6.75. The summed E-state index contributed by atoms with van der Waals surface area (Å²) in [6, 6.07) is 6.03. The third-order valence-corrected chi connectivity index (χ3v) is 3.83. The van der Waals surface area contributed by atoms with Gasteiger partial charge in [0.15, 0.2) is 0 Å². The number of aryl methyl sites for hydroxylation is 1. The molecular formula is C16H25N3O. The van der Waals surface area contributed by atoms with Crippen molar-refractivity contribution in [2.75, 3.05) is 45.1 Å².